The molecule has 3 rings (SSSR count). The van der Waals surface area contributed by atoms with Gasteiger partial charge in [0.25, 0.3) is 0 Å². The van der Waals surface area contributed by atoms with Gasteiger partial charge < -0.3 is 28.4 Å². The highest BCUT2D eigenvalue weighted by atomic mass is 32.2. The van der Waals surface area contributed by atoms with Gasteiger partial charge in [0.05, 0.1) is 12.2 Å². The van der Waals surface area contributed by atoms with Crippen LogP contribution in [0.15, 0.2) is 0 Å². The molecule has 3 fully saturated rings. The van der Waals surface area contributed by atoms with Gasteiger partial charge in [-0.25, -0.2) is 0 Å². The minimum absolute atomic E-state index is 0.0157. The van der Waals surface area contributed by atoms with Crippen LogP contribution >= 0.6 is 11.8 Å². The summed E-state index contributed by atoms with van der Waals surface area (Å²) in [6.07, 6.45) is -2.32. The highest BCUT2D eigenvalue weighted by molar-refractivity contribution is 7.99. The number of hydrogen-bond acceptors (Lipinski definition) is 8. The van der Waals surface area contributed by atoms with Gasteiger partial charge in [-0.2, -0.15) is 0 Å². The largest absolute Gasteiger partial charge is 0.457 e. The summed E-state index contributed by atoms with van der Waals surface area (Å²) in [7, 11) is 0. The number of fused-ring (bicyclic) bond motifs is 1. The smallest absolute Gasteiger partial charge is 0.303 e. The predicted molar refractivity (Wildman–Crippen MR) is 109 cm³/mol. The molecule has 0 N–H and O–H groups in total. The Labute approximate surface area is 178 Å². The molecule has 3 aliphatic rings. The SMILES string of the molecule is CCSC1OC(C)C(OC2OC(C)C(C)C(C)C2OC(C)=O)C2OC(C)(C)OC12. The summed E-state index contributed by atoms with van der Waals surface area (Å²) < 4.78 is 36.9. The van der Waals surface area contributed by atoms with E-state index in [1.54, 1.807) is 11.8 Å². The lowest BCUT2D eigenvalue weighted by atomic mass is 9.84. The maximum absolute atomic E-state index is 11.7. The zero-order chi connectivity index (χ0) is 21.5. The predicted octanol–water partition coefficient (Wildman–Crippen LogP) is 3.34. The fourth-order valence-corrected chi connectivity index (χ4v) is 5.39. The van der Waals surface area contributed by atoms with E-state index in [2.05, 4.69) is 20.8 Å². The molecule has 3 aliphatic heterocycles. The molecule has 3 heterocycles. The minimum Gasteiger partial charge on any atom is -0.457 e. The van der Waals surface area contributed by atoms with Gasteiger partial charge in [0.1, 0.15) is 23.7 Å². The fraction of sp³-hybridized carbons (Fsp3) is 0.952. The zero-order valence-corrected chi connectivity index (χ0v) is 19.6. The van der Waals surface area contributed by atoms with Crippen molar-refractivity contribution in [2.75, 3.05) is 5.75 Å². The number of ether oxygens (including phenoxy) is 6. The first-order chi connectivity index (χ1) is 13.5. The van der Waals surface area contributed by atoms with Crippen molar-refractivity contribution >= 4 is 17.7 Å². The van der Waals surface area contributed by atoms with E-state index >= 15 is 0 Å². The fourth-order valence-electron chi connectivity index (χ4n) is 4.41. The van der Waals surface area contributed by atoms with Gasteiger partial charge in [0.2, 0.25) is 0 Å². The van der Waals surface area contributed by atoms with Gasteiger partial charge in [0.15, 0.2) is 18.2 Å². The number of thioether (sulfide) groups is 1. The van der Waals surface area contributed by atoms with E-state index in [-0.39, 0.29) is 47.7 Å². The van der Waals surface area contributed by atoms with Crippen molar-refractivity contribution in [2.24, 2.45) is 11.8 Å². The summed E-state index contributed by atoms with van der Waals surface area (Å²) in [4.78, 5) is 11.7. The molecular weight excluding hydrogens is 396 g/mol. The number of esters is 1. The van der Waals surface area contributed by atoms with Gasteiger partial charge in [-0.05, 0) is 39.4 Å². The molecule has 0 aromatic carbocycles. The number of hydrogen-bond donors (Lipinski definition) is 0. The van der Waals surface area contributed by atoms with Gasteiger partial charge in [-0.3, -0.25) is 4.79 Å². The molecule has 0 spiro atoms. The lowest BCUT2D eigenvalue weighted by Crippen LogP contribution is -2.59. The van der Waals surface area contributed by atoms with Gasteiger partial charge in [0, 0.05) is 12.8 Å². The van der Waals surface area contributed by atoms with Crippen molar-refractivity contribution < 1.29 is 33.2 Å². The van der Waals surface area contributed by atoms with Crippen LogP contribution in [-0.2, 0) is 33.2 Å². The number of rotatable bonds is 5. The first-order valence-electron chi connectivity index (χ1n) is 10.6. The maximum Gasteiger partial charge on any atom is 0.303 e. The third-order valence-corrected chi connectivity index (χ3v) is 7.24. The normalized spacial score (nSPS) is 46.9. The summed E-state index contributed by atoms with van der Waals surface area (Å²) in [6.45, 7) is 15.5. The van der Waals surface area contributed by atoms with E-state index in [0.29, 0.717) is 0 Å². The monoisotopic (exact) mass is 432 g/mol. The van der Waals surface area contributed by atoms with Crippen LogP contribution < -0.4 is 0 Å². The quantitative estimate of drug-likeness (QED) is 0.613. The lowest BCUT2D eigenvalue weighted by Gasteiger charge is -2.47. The summed E-state index contributed by atoms with van der Waals surface area (Å²) in [6, 6.07) is 0. The third-order valence-electron chi connectivity index (χ3n) is 6.20. The van der Waals surface area contributed by atoms with Crippen LogP contribution in [-0.4, -0.2) is 65.9 Å². The Kier molecular flexibility index (Phi) is 7.23. The molecule has 10 unspecified atom stereocenters. The van der Waals surface area contributed by atoms with Crippen molar-refractivity contribution in [3.8, 4) is 0 Å². The first-order valence-corrected chi connectivity index (χ1v) is 11.7. The van der Waals surface area contributed by atoms with Crippen molar-refractivity contribution in [3.05, 3.63) is 0 Å². The van der Waals surface area contributed by atoms with Gasteiger partial charge in [-0.1, -0.05) is 20.8 Å². The highest BCUT2D eigenvalue weighted by Gasteiger charge is 2.56. The lowest BCUT2D eigenvalue weighted by molar-refractivity contribution is -0.312. The Balaban J connectivity index is 1.81. The summed E-state index contributed by atoms with van der Waals surface area (Å²) >= 11 is 1.71. The second-order valence-electron chi connectivity index (χ2n) is 8.83. The van der Waals surface area contributed by atoms with Crippen LogP contribution in [0.3, 0.4) is 0 Å². The molecule has 0 aromatic heterocycles. The molecule has 168 valence electrons. The minimum atomic E-state index is -0.714. The molecule has 8 heteroatoms. The molecule has 0 aromatic rings. The standard InChI is InChI=1S/C21H36O7S/c1-9-29-20-18-17(27-21(7,8)28-18)16(13(5)24-20)26-19-15(25-14(6)22)11(3)10(2)12(4)23-19/h10-13,15-20H,9H2,1-8H3. The van der Waals surface area contributed by atoms with Crippen LogP contribution in [0, 0.1) is 11.8 Å². The van der Waals surface area contributed by atoms with E-state index in [4.69, 9.17) is 28.4 Å². The van der Waals surface area contributed by atoms with E-state index in [0.717, 1.165) is 5.75 Å². The topological polar surface area (TPSA) is 72.5 Å². The second kappa shape index (κ2) is 9.01. The molecule has 0 bridgehead atoms. The van der Waals surface area contributed by atoms with E-state index in [1.807, 2.05) is 27.7 Å². The Morgan fingerprint density at radius 2 is 1.62 bits per heavy atom. The molecule has 29 heavy (non-hydrogen) atoms. The molecular formula is C21H36O7S. The third kappa shape index (κ3) is 4.93. The molecule has 0 aliphatic carbocycles. The molecule has 0 radical (unpaired) electrons. The Hall–Kier alpha value is -0.380. The average Bonchev–Trinajstić information content (AvgIpc) is 2.95. The first kappa shape index (κ1) is 23.3. The molecule has 10 atom stereocenters. The van der Waals surface area contributed by atoms with E-state index in [9.17, 15) is 4.79 Å². The van der Waals surface area contributed by atoms with Crippen LogP contribution in [0.2, 0.25) is 0 Å². The zero-order valence-electron chi connectivity index (χ0n) is 18.7. The van der Waals surface area contributed by atoms with Crippen LogP contribution in [0.1, 0.15) is 55.4 Å². The Morgan fingerprint density at radius 1 is 0.966 bits per heavy atom. The van der Waals surface area contributed by atoms with Crippen LogP contribution in [0.4, 0.5) is 0 Å². The molecule has 7 nitrogen and oxygen atoms in total. The van der Waals surface area contributed by atoms with Crippen molar-refractivity contribution in [1.82, 2.24) is 0 Å². The van der Waals surface area contributed by atoms with Crippen molar-refractivity contribution in [3.63, 3.8) is 0 Å². The summed E-state index contributed by atoms with van der Waals surface area (Å²) in [5, 5.41) is 0. The molecule has 3 saturated heterocycles. The summed E-state index contributed by atoms with van der Waals surface area (Å²) in [5.41, 5.74) is -0.115. The molecule has 0 amide bonds. The van der Waals surface area contributed by atoms with Gasteiger partial charge in [-0.15, -0.1) is 11.8 Å². The van der Waals surface area contributed by atoms with Gasteiger partial charge >= 0.3 is 5.97 Å². The maximum atomic E-state index is 11.7. The van der Waals surface area contributed by atoms with E-state index < -0.39 is 24.3 Å². The highest BCUT2D eigenvalue weighted by Crippen LogP contribution is 2.43. The van der Waals surface area contributed by atoms with Crippen LogP contribution in [0.25, 0.3) is 0 Å². The second-order valence-corrected chi connectivity index (χ2v) is 10.2. The Morgan fingerprint density at radius 3 is 2.24 bits per heavy atom. The average molecular weight is 433 g/mol. The summed E-state index contributed by atoms with van der Waals surface area (Å²) in [5.74, 6) is 0.205. The molecule has 0 saturated carbocycles. The number of carbonyl (C=O) groups excluding carboxylic acids is 1. The Bertz CT molecular complexity index is 585. The van der Waals surface area contributed by atoms with Crippen molar-refractivity contribution in [1.29, 1.82) is 0 Å². The van der Waals surface area contributed by atoms with E-state index in [1.165, 1.54) is 6.92 Å². The van der Waals surface area contributed by atoms with Crippen molar-refractivity contribution in [2.45, 2.75) is 110 Å². The van der Waals surface area contributed by atoms with Crippen LogP contribution in [0.5, 0.6) is 0 Å². The number of carbonyl (C=O) groups is 1.